The molecule has 0 spiro atoms. The third-order valence-corrected chi connectivity index (χ3v) is 4.47. The SMILES string of the molecule is COc1nc(N)nc2c1c(-c1ccoc1)cn2[C@@H]1O[C@H](CO)[C@@H](O)[C@H]1O. The lowest BCUT2D eigenvalue weighted by Crippen LogP contribution is -2.33. The largest absolute Gasteiger partial charge is 0.480 e. The molecule has 0 aromatic carbocycles. The maximum atomic E-state index is 10.4. The molecule has 4 rings (SSSR count). The molecule has 4 heterocycles. The van der Waals surface area contributed by atoms with Crippen LogP contribution in [0.1, 0.15) is 6.23 Å². The van der Waals surface area contributed by atoms with Crippen molar-refractivity contribution in [1.82, 2.24) is 14.5 Å². The van der Waals surface area contributed by atoms with Crippen LogP contribution >= 0.6 is 0 Å². The third-order valence-electron chi connectivity index (χ3n) is 4.47. The molecule has 0 unspecified atom stereocenters. The molecule has 138 valence electrons. The number of aliphatic hydroxyl groups is 3. The zero-order valence-electron chi connectivity index (χ0n) is 13.8. The van der Waals surface area contributed by atoms with Crippen molar-refractivity contribution in [2.75, 3.05) is 19.5 Å². The Bertz CT molecular complexity index is 925. The van der Waals surface area contributed by atoms with Gasteiger partial charge in [0.15, 0.2) is 11.9 Å². The van der Waals surface area contributed by atoms with E-state index in [1.165, 1.54) is 13.4 Å². The van der Waals surface area contributed by atoms with Crippen LogP contribution < -0.4 is 10.5 Å². The van der Waals surface area contributed by atoms with Gasteiger partial charge >= 0.3 is 0 Å². The Morgan fingerprint density at radius 1 is 1.31 bits per heavy atom. The van der Waals surface area contributed by atoms with Gasteiger partial charge < -0.3 is 39.5 Å². The Morgan fingerprint density at radius 3 is 2.73 bits per heavy atom. The molecule has 0 saturated carbocycles. The predicted molar refractivity (Wildman–Crippen MR) is 89.2 cm³/mol. The molecular formula is C16H18N4O6. The first-order valence-corrected chi connectivity index (χ1v) is 7.92. The Labute approximate surface area is 147 Å². The molecule has 3 aromatic rings. The van der Waals surface area contributed by atoms with Gasteiger partial charge in [-0.25, -0.2) is 0 Å². The van der Waals surface area contributed by atoms with E-state index < -0.39 is 31.1 Å². The minimum atomic E-state index is -1.26. The molecule has 10 nitrogen and oxygen atoms in total. The lowest BCUT2D eigenvalue weighted by Gasteiger charge is -2.17. The smallest absolute Gasteiger partial charge is 0.228 e. The van der Waals surface area contributed by atoms with Gasteiger partial charge in [-0.1, -0.05) is 0 Å². The van der Waals surface area contributed by atoms with Gasteiger partial charge in [0.2, 0.25) is 11.8 Å². The Kier molecular flexibility index (Phi) is 4.04. The fraction of sp³-hybridized carbons (Fsp3) is 0.375. The van der Waals surface area contributed by atoms with Crippen LogP contribution in [0.3, 0.4) is 0 Å². The highest BCUT2D eigenvalue weighted by Crippen LogP contribution is 2.40. The van der Waals surface area contributed by atoms with Crippen LogP contribution in [0.25, 0.3) is 22.2 Å². The van der Waals surface area contributed by atoms with Gasteiger partial charge in [-0.15, -0.1) is 0 Å². The van der Waals surface area contributed by atoms with Crippen LogP contribution in [0.2, 0.25) is 0 Å². The summed E-state index contributed by atoms with van der Waals surface area (Å²) in [6.07, 6.45) is 0.382. The first-order valence-electron chi connectivity index (χ1n) is 7.92. The molecule has 0 radical (unpaired) electrons. The third kappa shape index (κ3) is 2.42. The van der Waals surface area contributed by atoms with E-state index in [0.29, 0.717) is 16.6 Å². The van der Waals surface area contributed by atoms with E-state index in [4.69, 9.17) is 19.6 Å². The van der Waals surface area contributed by atoms with E-state index in [-0.39, 0.29) is 11.8 Å². The Balaban J connectivity index is 1.95. The minimum absolute atomic E-state index is 0.0146. The summed E-state index contributed by atoms with van der Waals surface area (Å²) in [5.41, 5.74) is 7.57. The second-order valence-electron chi connectivity index (χ2n) is 5.98. The van der Waals surface area contributed by atoms with Crippen molar-refractivity contribution in [1.29, 1.82) is 0 Å². The molecule has 1 aliphatic rings. The first-order chi connectivity index (χ1) is 12.5. The highest BCUT2D eigenvalue weighted by Gasteiger charge is 2.44. The van der Waals surface area contributed by atoms with E-state index in [9.17, 15) is 15.3 Å². The second-order valence-corrected chi connectivity index (χ2v) is 5.98. The van der Waals surface area contributed by atoms with Crippen molar-refractivity contribution in [3.8, 4) is 17.0 Å². The monoisotopic (exact) mass is 362 g/mol. The molecule has 3 aromatic heterocycles. The van der Waals surface area contributed by atoms with Crippen LogP contribution in [0, 0.1) is 0 Å². The number of methoxy groups -OCH3 is 1. The average molecular weight is 362 g/mol. The lowest BCUT2D eigenvalue weighted by atomic mass is 10.1. The average Bonchev–Trinajstić information content (AvgIpc) is 3.34. The fourth-order valence-electron chi connectivity index (χ4n) is 3.22. The molecule has 1 aliphatic heterocycles. The first kappa shape index (κ1) is 16.8. The van der Waals surface area contributed by atoms with Crippen molar-refractivity contribution in [2.45, 2.75) is 24.5 Å². The lowest BCUT2D eigenvalue weighted by molar-refractivity contribution is -0.0508. The number of nitrogen functional groups attached to an aromatic ring is 1. The quantitative estimate of drug-likeness (QED) is 0.499. The number of anilines is 1. The van der Waals surface area contributed by atoms with E-state index in [1.807, 2.05) is 0 Å². The molecule has 1 fully saturated rings. The number of aliphatic hydroxyl groups excluding tert-OH is 3. The summed E-state index contributed by atoms with van der Waals surface area (Å²) >= 11 is 0. The number of aromatic nitrogens is 3. The summed E-state index contributed by atoms with van der Waals surface area (Å²) in [6, 6.07) is 1.76. The maximum absolute atomic E-state index is 10.4. The van der Waals surface area contributed by atoms with Gasteiger partial charge in [-0.05, 0) is 6.07 Å². The van der Waals surface area contributed by atoms with E-state index in [2.05, 4.69) is 9.97 Å². The number of hydrogen-bond donors (Lipinski definition) is 4. The molecule has 1 saturated heterocycles. The van der Waals surface area contributed by atoms with Gasteiger partial charge in [0.25, 0.3) is 0 Å². The summed E-state index contributed by atoms with van der Waals surface area (Å²) < 4.78 is 17.7. The topological polar surface area (TPSA) is 149 Å². The number of hydrogen-bond acceptors (Lipinski definition) is 9. The van der Waals surface area contributed by atoms with E-state index in [0.717, 1.165) is 5.56 Å². The summed E-state index contributed by atoms with van der Waals surface area (Å²) in [7, 11) is 1.46. The van der Waals surface area contributed by atoms with Gasteiger partial charge in [-0.2, -0.15) is 9.97 Å². The van der Waals surface area contributed by atoms with Crippen LogP contribution in [-0.4, -0.2) is 61.9 Å². The number of nitrogens with zero attached hydrogens (tertiary/aromatic N) is 3. The fourth-order valence-corrected chi connectivity index (χ4v) is 3.22. The second kappa shape index (κ2) is 6.25. The maximum Gasteiger partial charge on any atom is 0.228 e. The summed E-state index contributed by atoms with van der Waals surface area (Å²) in [5, 5.41) is 30.3. The van der Waals surface area contributed by atoms with E-state index >= 15 is 0 Å². The highest BCUT2D eigenvalue weighted by molar-refractivity contribution is 5.98. The normalized spacial score (nSPS) is 25.8. The Hall–Kier alpha value is -2.66. The van der Waals surface area contributed by atoms with Crippen molar-refractivity contribution >= 4 is 17.0 Å². The van der Waals surface area contributed by atoms with Gasteiger partial charge in [0, 0.05) is 17.3 Å². The number of rotatable bonds is 4. The van der Waals surface area contributed by atoms with E-state index in [1.54, 1.807) is 23.1 Å². The van der Waals surface area contributed by atoms with Crippen molar-refractivity contribution in [2.24, 2.45) is 0 Å². The van der Waals surface area contributed by atoms with Crippen molar-refractivity contribution < 1.29 is 29.2 Å². The molecule has 5 N–H and O–H groups in total. The molecular weight excluding hydrogens is 344 g/mol. The van der Waals surface area contributed by atoms with Crippen LogP contribution in [-0.2, 0) is 4.74 Å². The molecule has 26 heavy (non-hydrogen) atoms. The number of nitrogens with two attached hydrogens (primary N) is 1. The standard InChI is InChI=1S/C16H18N4O6/c1-24-14-10-8(7-2-3-25-6-7)4-20(13(10)18-16(17)19-14)15-12(23)11(22)9(5-21)26-15/h2-4,6,9,11-12,15,21-23H,5H2,1H3,(H2,17,18,19)/t9-,11-,12-,15-/m1/s1. The van der Waals surface area contributed by atoms with Gasteiger partial charge in [0.05, 0.1) is 31.6 Å². The summed E-state index contributed by atoms with van der Waals surface area (Å²) in [4.78, 5) is 8.36. The molecule has 10 heteroatoms. The Morgan fingerprint density at radius 2 is 2.12 bits per heavy atom. The predicted octanol–water partition coefficient (Wildman–Crippen LogP) is -0.106. The molecule has 4 atom stereocenters. The molecule has 0 amide bonds. The summed E-state index contributed by atoms with van der Waals surface area (Å²) in [5.74, 6) is 0.244. The van der Waals surface area contributed by atoms with Gasteiger partial charge in [0.1, 0.15) is 18.3 Å². The number of fused-ring (bicyclic) bond motifs is 1. The highest BCUT2D eigenvalue weighted by atomic mass is 16.6. The number of ether oxygens (including phenoxy) is 2. The minimum Gasteiger partial charge on any atom is -0.480 e. The van der Waals surface area contributed by atoms with Crippen LogP contribution in [0.4, 0.5) is 5.95 Å². The van der Waals surface area contributed by atoms with Gasteiger partial charge in [-0.3, -0.25) is 0 Å². The molecule has 0 bridgehead atoms. The molecule has 0 aliphatic carbocycles. The number of furan rings is 1. The summed E-state index contributed by atoms with van der Waals surface area (Å²) in [6.45, 7) is -0.428. The van der Waals surface area contributed by atoms with Crippen molar-refractivity contribution in [3.05, 3.63) is 24.8 Å². The zero-order valence-corrected chi connectivity index (χ0v) is 13.8. The zero-order chi connectivity index (χ0) is 18.4. The van der Waals surface area contributed by atoms with Crippen molar-refractivity contribution in [3.63, 3.8) is 0 Å². The van der Waals surface area contributed by atoms with Crippen LogP contribution in [0.15, 0.2) is 29.2 Å². The van der Waals surface area contributed by atoms with Crippen LogP contribution in [0.5, 0.6) is 5.88 Å².